The molecular weight excluding hydrogens is 130 g/mol. The minimum Gasteiger partial charge on any atom is -0.373 e. The average Bonchev–Trinajstić information content (AvgIpc) is 2.36. The highest BCUT2D eigenvalue weighted by Gasteiger charge is 2.50. The van der Waals surface area contributed by atoms with Crippen molar-refractivity contribution < 1.29 is 9.47 Å². The van der Waals surface area contributed by atoms with Crippen LogP contribution in [0.15, 0.2) is 0 Å². The fourth-order valence-electron chi connectivity index (χ4n) is 1.75. The molecular formula is C7H13NO2. The molecule has 0 amide bonds. The van der Waals surface area contributed by atoms with E-state index in [1.807, 2.05) is 6.92 Å². The van der Waals surface area contributed by atoms with Gasteiger partial charge in [0.15, 0.2) is 0 Å². The van der Waals surface area contributed by atoms with Crippen molar-refractivity contribution in [1.82, 2.24) is 0 Å². The van der Waals surface area contributed by atoms with E-state index in [9.17, 15) is 0 Å². The zero-order valence-corrected chi connectivity index (χ0v) is 6.17. The SMILES string of the molecule is CC12OCCC1OCC2N. The third-order valence-corrected chi connectivity index (χ3v) is 2.65. The molecule has 0 saturated carbocycles. The first-order valence-electron chi connectivity index (χ1n) is 3.74. The Balaban J connectivity index is 2.21. The molecule has 0 bridgehead atoms. The van der Waals surface area contributed by atoms with Crippen molar-refractivity contribution in [3.05, 3.63) is 0 Å². The lowest BCUT2D eigenvalue weighted by molar-refractivity contribution is -0.0124. The highest BCUT2D eigenvalue weighted by molar-refractivity contribution is 5.02. The summed E-state index contributed by atoms with van der Waals surface area (Å²) in [5.41, 5.74) is 5.62. The van der Waals surface area contributed by atoms with E-state index < -0.39 is 0 Å². The van der Waals surface area contributed by atoms with Crippen LogP contribution in [0.2, 0.25) is 0 Å². The van der Waals surface area contributed by atoms with Crippen LogP contribution in [0.25, 0.3) is 0 Å². The summed E-state index contributed by atoms with van der Waals surface area (Å²) in [5, 5.41) is 0. The summed E-state index contributed by atoms with van der Waals surface area (Å²) < 4.78 is 11.0. The Morgan fingerprint density at radius 3 is 3.10 bits per heavy atom. The zero-order chi connectivity index (χ0) is 7.19. The first-order valence-corrected chi connectivity index (χ1v) is 3.74. The van der Waals surface area contributed by atoms with Gasteiger partial charge in [0, 0.05) is 0 Å². The van der Waals surface area contributed by atoms with E-state index >= 15 is 0 Å². The van der Waals surface area contributed by atoms with Gasteiger partial charge in [0.25, 0.3) is 0 Å². The Bertz CT molecular complexity index is 151. The number of ether oxygens (including phenoxy) is 2. The Kier molecular flexibility index (Phi) is 1.27. The van der Waals surface area contributed by atoms with Gasteiger partial charge >= 0.3 is 0 Å². The van der Waals surface area contributed by atoms with Crippen molar-refractivity contribution in [2.45, 2.75) is 31.1 Å². The maximum atomic E-state index is 5.80. The summed E-state index contributed by atoms with van der Waals surface area (Å²) in [6.45, 7) is 3.50. The normalized spacial score (nSPS) is 53.4. The zero-order valence-electron chi connectivity index (χ0n) is 6.17. The molecule has 0 aromatic heterocycles. The summed E-state index contributed by atoms with van der Waals surface area (Å²) in [6, 6.07) is 0.0694. The molecule has 0 aliphatic carbocycles. The predicted molar refractivity (Wildman–Crippen MR) is 36.7 cm³/mol. The van der Waals surface area contributed by atoms with Crippen molar-refractivity contribution >= 4 is 0 Å². The molecule has 0 aromatic carbocycles. The van der Waals surface area contributed by atoms with Crippen LogP contribution in [0.3, 0.4) is 0 Å². The molecule has 2 fully saturated rings. The van der Waals surface area contributed by atoms with Crippen LogP contribution in [0.1, 0.15) is 13.3 Å². The molecule has 10 heavy (non-hydrogen) atoms. The minimum atomic E-state index is -0.181. The molecule has 2 saturated heterocycles. The average molecular weight is 143 g/mol. The molecule has 0 spiro atoms. The van der Waals surface area contributed by atoms with E-state index in [0.29, 0.717) is 6.61 Å². The molecule has 3 heteroatoms. The highest BCUT2D eigenvalue weighted by Crippen LogP contribution is 2.35. The second kappa shape index (κ2) is 1.94. The fraction of sp³-hybridized carbons (Fsp3) is 1.00. The van der Waals surface area contributed by atoms with Gasteiger partial charge in [-0.15, -0.1) is 0 Å². The van der Waals surface area contributed by atoms with Crippen molar-refractivity contribution in [2.75, 3.05) is 13.2 Å². The summed E-state index contributed by atoms with van der Waals surface area (Å²) in [6.07, 6.45) is 1.26. The minimum absolute atomic E-state index is 0.0694. The molecule has 2 aliphatic rings. The summed E-state index contributed by atoms with van der Waals surface area (Å²) in [4.78, 5) is 0. The van der Waals surface area contributed by atoms with Gasteiger partial charge in [-0.1, -0.05) is 0 Å². The molecule has 2 heterocycles. The predicted octanol–water partition coefficient (Wildman–Crippen LogP) is -0.108. The molecule has 2 rings (SSSR count). The molecule has 3 unspecified atom stereocenters. The fourth-order valence-corrected chi connectivity index (χ4v) is 1.75. The van der Waals surface area contributed by atoms with E-state index in [0.717, 1.165) is 13.0 Å². The van der Waals surface area contributed by atoms with E-state index in [-0.39, 0.29) is 17.7 Å². The molecule has 0 radical (unpaired) electrons. The van der Waals surface area contributed by atoms with Gasteiger partial charge in [0.05, 0.1) is 25.4 Å². The standard InChI is InChI=1S/C7H13NO2/c1-7-5(8)4-9-6(7)2-3-10-7/h5-6H,2-4,8H2,1H3. The Morgan fingerprint density at radius 2 is 2.40 bits per heavy atom. The number of nitrogens with two attached hydrogens (primary N) is 1. The van der Waals surface area contributed by atoms with E-state index in [1.54, 1.807) is 0 Å². The number of fused-ring (bicyclic) bond motifs is 1. The maximum Gasteiger partial charge on any atom is 0.109 e. The first-order chi connectivity index (χ1) is 4.73. The van der Waals surface area contributed by atoms with Gasteiger partial charge in [-0.25, -0.2) is 0 Å². The van der Waals surface area contributed by atoms with Gasteiger partial charge in [0.1, 0.15) is 5.60 Å². The second-order valence-corrected chi connectivity index (χ2v) is 3.25. The van der Waals surface area contributed by atoms with Crippen LogP contribution in [-0.4, -0.2) is 31.0 Å². The lowest BCUT2D eigenvalue weighted by Crippen LogP contribution is -2.47. The van der Waals surface area contributed by atoms with Gasteiger partial charge in [-0.2, -0.15) is 0 Å². The topological polar surface area (TPSA) is 44.5 Å². The number of hydrogen-bond donors (Lipinski definition) is 1. The van der Waals surface area contributed by atoms with Crippen LogP contribution in [0, 0.1) is 0 Å². The van der Waals surface area contributed by atoms with E-state index in [1.165, 1.54) is 0 Å². The number of hydrogen-bond acceptors (Lipinski definition) is 3. The monoisotopic (exact) mass is 143 g/mol. The third-order valence-electron chi connectivity index (χ3n) is 2.65. The second-order valence-electron chi connectivity index (χ2n) is 3.25. The molecule has 3 atom stereocenters. The molecule has 0 aromatic rings. The Morgan fingerprint density at radius 1 is 1.60 bits per heavy atom. The highest BCUT2D eigenvalue weighted by atomic mass is 16.6. The summed E-state index contributed by atoms with van der Waals surface area (Å²) >= 11 is 0. The van der Waals surface area contributed by atoms with Crippen LogP contribution in [0.4, 0.5) is 0 Å². The van der Waals surface area contributed by atoms with E-state index in [2.05, 4.69) is 0 Å². The van der Waals surface area contributed by atoms with Gasteiger partial charge < -0.3 is 15.2 Å². The Labute approximate surface area is 60.5 Å². The van der Waals surface area contributed by atoms with Gasteiger partial charge in [-0.05, 0) is 13.3 Å². The van der Waals surface area contributed by atoms with E-state index in [4.69, 9.17) is 15.2 Å². The summed E-state index contributed by atoms with van der Waals surface area (Å²) in [5.74, 6) is 0. The first kappa shape index (κ1) is 6.58. The van der Waals surface area contributed by atoms with Gasteiger partial charge in [0.2, 0.25) is 0 Å². The smallest absolute Gasteiger partial charge is 0.109 e. The molecule has 58 valence electrons. The van der Waals surface area contributed by atoms with Crippen molar-refractivity contribution in [3.8, 4) is 0 Å². The third kappa shape index (κ3) is 0.654. The summed E-state index contributed by atoms with van der Waals surface area (Å²) in [7, 11) is 0. The van der Waals surface area contributed by atoms with Crippen molar-refractivity contribution in [2.24, 2.45) is 5.73 Å². The lowest BCUT2D eigenvalue weighted by atomic mass is 9.95. The van der Waals surface area contributed by atoms with Crippen LogP contribution >= 0.6 is 0 Å². The largest absolute Gasteiger partial charge is 0.373 e. The van der Waals surface area contributed by atoms with Crippen LogP contribution in [-0.2, 0) is 9.47 Å². The number of rotatable bonds is 0. The van der Waals surface area contributed by atoms with Crippen LogP contribution < -0.4 is 5.73 Å². The molecule has 2 N–H and O–H groups in total. The molecule has 3 nitrogen and oxygen atoms in total. The quantitative estimate of drug-likeness (QED) is 0.514. The van der Waals surface area contributed by atoms with Crippen LogP contribution in [0.5, 0.6) is 0 Å². The molecule has 2 aliphatic heterocycles. The van der Waals surface area contributed by atoms with Gasteiger partial charge in [-0.3, -0.25) is 0 Å². The van der Waals surface area contributed by atoms with Crippen molar-refractivity contribution in [1.29, 1.82) is 0 Å². The maximum absolute atomic E-state index is 5.80. The lowest BCUT2D eigenvalue weighted by Gasteiger charge is -2.25. The van der Waals surface area contributed by atoms with Crippen molar-refractivity contribution in [3.63, 3.8) is 0 Å². The Hall–Kier alpha value is -0.120.